The normalized spacial score (nSPS) is 14.2. The smallest absolute Gasteiger partial charge is 0.178 e. The fraction of sp³-hybridized carbons (Fsp3) is 0.467. The van der Waals surface area contributed by atoms with Crippen LogP contribution in [0.25, 0.3) is 0 Å². The molecule has 21 heavy (non-hydrogen) atoms. The maximum atomic E-state index is 12.6. The average Bonchev–Trinajstić information content (AvgIpc) is 3.03. The van der Waals surface area contributed by atoms with Crippen LogP contribution < -0.4 is 0 Å². The van der Waals surface area contributed by atoms with Crippen LogP contribution in [-0.2, 0) is 32.1 Å². The fourth-order valence-corrected chi connectivity index (χ4v) is 5.60. The highest BCUT2D eigenvalue weighted by atomic mass is 79.9. The largest absolute Gasteiger partial charge is 0.293 e. The van der Waals surface area contributed by atoms with E-state index in [0.717, 1.165) is 39.3 Å². The summed E-state index contributed by atoms with van der Waals surface area (Å²) in [6, 6.07) is 2.10. The van der Waals surface area contributed by atoms with Crippen LogP contribution in [0.4, 0.5) is 0 Å². The number of thiophene rings is 1. The van der Waals surface area contributed by atoms with E-state index in [1.54, 1.807) is 11.3 Å². The van der Waals surface area contributed by atoms with E-state index in [1.807, 2.05) is 23.5 Å². The molecular formula is C15H17BrN2OS2. The molecule has 3 nitrogen and oxygen atoms in total. The van der Waals surface area contributed by atoms with Crippen molar-refractivity contribution >= 4 is 44.8 Å². The number of carbonyl (C=O) groups is 1. The molecule has 0 bridgehead atoms. The minimum Gasteiger partial charge on any atom is -0.293 e. The average molecular weight is 385 g/mol. The number of thioether (sulfide) groups is 1. The Kier molecular flexibility index (Phi) is 4.57. The van der Waals surface area contributed by atoms with Crippen LogP contribution >= 0.6 is 39.0 Å². The molecule has 2 aromatic rings. The zero-order chi connectivity index (χ0) is 15.0. The first-order valence-corrected chi connectivity index (χ1v) is 9.79. The van der Waals surface area contributed by atoms with E-state index in [9.17, 15) is 4.79 Å². The van der Waals surface area contributed by atoms with Gasteiger partial charge in [-0.1, -0.05) is 6.92 Å². The molecule has 3 rings (SSSR count). The number of halogens is 1. The van der Waals surface area contributed by atoms with Crippen molar-refractivity contribution < 1.29 is 4.79 Å². The van der Waals surface area contributed by atoms with Gasteiger partial charge < -0.3 is 0 Å². The molecule has 3 heterocycles. The number of Topliss-reactive ketones (excluding diaryl/α,β-unsaturated/α-hetero) is 1. The zero-order valence-electron chi connectivity index (χ0n) is 12.1. The van der Waals surface area contributed by atoms with Crippen LogP contribution in [-0.4, -0.2) is 21.3 Å². The van der Waals surface area contributed by atoms with Crippen LogP contribution in [0, 0.1) is 0 Å². The van der Waals surface area contributed by atoms with Gasteiger partial charge in [-0.2, -0.15) is 16.9 Å². The van der Waals surface area contributed by atoms with E-state index in [-0.39, 0.29) is 5.78 Å². The summed E-state index contributed by atoms with van der Waals surface area (Å²) in [5.74, 6) is 2.42. The third kappa shape index (κ3) is 2.98. The molecule has 112 valence electrons. The lowest BCUT2D eigenvalue weighted by molar-refractivity contribution is 0.0994. The van der Waals surface area contributed by atoms with Crippen molar-refractivity contribution in [1.82, 2.24) is 9.78 Å². The number of hydrogen-bond donors (Lipinski definition) is 0. The van der Waals surface area contributed by atoms with Gasteiger partial charge in [-0.15, -0.1) is 11.3 Å². The summed E-state index contributed by atoms with van der Waals surface area (Å²) < 4.78 is 2.81. The van der Waals surface area contributed by atoms with Crippen LogP contribution in [0.2, 0.25) is 0 Å². The van der Waals surface area contributed by atoms with Crippen molar-refractivity contribution in [3.8, 4) is 0 Å². The SMILES string of the molecule is CCc1nn(C)c(CC(=O)c2cc3c(s2)CCSC3)c1Br. The minimum atomic E-state index is 0.200. The molecule has 0 saturated heterocycles. The molecular weight excluding hydrogens is 368 g/mol. The van der Waals surface area contributed by atoms with Gasteiger partial charge in [0.1, 0.15) is 0 Å². The highest BCUT2D eigenvalue weighted by Crippen LogP contribution is 2.32. The monoisotopic (exact) mass is 384 g/mol. The Morgan fingerprint density at radius 2 is 2.33 bits per heavy atom. The second-order valence-electron chi connectivity index (χ2n) is 5.15. The van der Waals surface area contributed by atoms with Crippen molar-refractivity contribution in [3.05, 3.63) is 37.2 Å². The van der Waals surface area contributed by atoms with E-state index in [1.165, 1.54) is 16.2 Å². The lowest BCUT2D eigenvalue weighted by Gasteiger charge is -2.08. The van der Waals surface area contributed by atoms with Gasteiger partial charge in [0.05, 0.1) is 27.2 Å². The van der Waals surface area contributed by atoms with Gasteiger partial charge in [0, 0.05) is 17.7 Å². The molecule has 0 aliphatic carbocycles. The fourth-order valence-electron chi connectivity index (χ4n) is 2.54. The predicted molar refractivity (Wildman–Crippen MR) is 92.5 cm³/mol. The summed E-state index contributed by atoms with van der Waals surface area (Å²) in [6.07, 6.45) is 2.39. The maximum Gasteiger partial charge on any atom is 0.178 e. The first-order valence-electron chi connectivity index (χ1n) is 7.03. The number of rotatable bonds is 4. The van der Waals surface area contributed by atoms with E-state index < -0.39 is 0 Å². The molecule has 0 amide bonds. The summed E-state index contributed by atoms with van der Waals surface area (Å²) in [4.78, 5) is 14.9. The van der Waals surface area contributed by atoms with E-state index in [4.69, 9.17) is 0 Å². The van der Waals surface area contributed by atoms with Crippen LogP contribution in [0.5, 0.6) is 0 Å². The van der Waals surface area contributed by atoms with Crippen molar-refractivity contribution in [2.75, 3.05) is 5.75 Å². The molecule has 0 spiro atoms. The van der Waals surface area contributed by atoms with Crippen LogP contribution in [0.15, 0.2) is 10.5 Å². The summed E-state index contributed by atoms with van der Waals surface area (Å²) in [7, 11) is 1.91. The Morgan fingerprint density at radius 3 is 3.00 bits per heavy atom. The second-order valence-corrected chi connectivity index (χ2v) is 8.18. The third-order valence-electron chi connectivity index (χ3n) is 3.73. The number of nitrogens with zero attached hydrogens (tertiary/aromatic N) is 2. The van der Waals surface area contributed by atoms with Crippen molar-refractivity contribution in [2.45, 2.75) is 31.9 Å². The number of aromatic nitrogens is 2. The summed E-state index contributed by atoms with van der Waals surface area (Å²) >= 11 is 7.22. The summed E-state index contributed by atoms with van der Waals surface area (Å²) in [5, 5.41) is 4.46. The third-order valence-corrected chi connectivity index (χ3v) is 6.93. The maximum absolute atomic E-state index is 12.6. The number of hydrogen-bond acceptors (Lipinski definition) is 4. The molecule has 0 radical (unpaired) electrons. The molecule has 0 unspecified atom stereocenters. The second kappa shape index (κ2) is 6.26. The van der Waals surface area contributed by atoms with Crippen molar-refractivity contribution in [1.29, 1.82) is 0 Å². The van der Waals surface area contributed by atoms with Crippen molar-refractivity contribution in [2.24, 2.45) is 7.05 Å². The standard InChI is InChI=1S/C15H17BrN2OS2/c1-3-10-15(16)11(18(2)17-10)7-12(19)14-6-9-8-20-5-4-13(9)21-14/h6H,3-5,7-8H2,1-2H3. The van der Waals surface area contributed by atoms with Crippen LogP contribution in [0.1, 0.15) is 38.4 Å². The number of carbonyl (C=O) groups excluding carboxylic acids is 1. The van der Waals surface area contributed by atoms with Crippen LogP contribution in [0.3, 0.4) is 0 Å². The first kappa shape index (κ1) is 15.3. The molecule has 0 saturated carbocycles. The number of aryl methyl sites for hydroxylation is 3. The molecule has 2 aromatic heterocycles. The molecule has 0 aromatic carbocycles. The zero-order valence-corrected chi connectivity index (χ0v) is 15.3. The van der Waals surface area contributed by atoms with Gasteiger partial charge in [0.25, 0.3) is 0 Å². The molecule has 1 aliphatic heterocycles. The number of fused-ring (bicyclic) bond motifs is 1. The van der Waals surface area contributed by atoms with E-state index in [0.29, 0.717) is 6.42 Å². The van der Waals surface area contributed by atoms with Gasteiger partial charge in [0.2, 0.25) is 0 Å². The Morgan fingerprint density at radius 1 is 1.52 bits per heavy atom. The highest BCUT2D eigenvalue weighted by Gasteiger charge is 2.21. The van der Waals surface area contributed by atoms with E-state index in [2.05, 4.69) is 34.0 Å². The Hall–Kier alpha value is -0.590. The summed E-state index contributed by atoms with van der Waals surface area (Å²) in [5.41, 5.74) is 3.35. The first-order chi connectivity index (χ1) is 10.1. The topological polar surface area (TPSA) is 34.9 Å². The molecule has 0 fully saturated rings. The number of ketones is 1. The van der Waals surface area contributed by atoms with Gasteiger partial charge in [0.15, 0.2) is 5.78 Å². The minimum absolute atomic E-state index is 0.200. The lowest BCUT2D eigenvalue weighted by Crippen LogP contribution is -2.07. The highest BCUT2D eigenvalue weighted by molar-refractivity contribution is 9.10. The predicted octanol–water partition coefficient (Wildman–Crippen LogP) is 4.02. The molecule has 6 heteroatoms. The quantitative estimate of drug-likeness (QED) is 0.746. The van der Waals surface area contributed by atoms with Crippen molar-refractivity contribution in [3.63, 3.8) is 0 Å². The Balaban J connectivity index is 1.83. The molecule has 0 N–H and O–H groups in total. The van der Waals surface area contributed by atoms with Gasteiger partial charge in [-0.25, -0.2) is 0 Å². The van der Waals surface area contributed by atoms with Gasteiger partial charge in [-0.05, 0) is 46.2 Å². The molecule has 1 aliphatic rings. The molecule has 0 atom stereocenters. The van der Waals surface area contributed by atoms with E-state index >= 15 is 0 Å². The van der Waals surface area contributed by atoms with Gasteiger partial charge in [-0.3, -0.25) is 9.48 Å². The Bertz CT molecular complexity index is 667. The Labute approximate surface area is 141 Å². The lowest BCUT2D eigenvalue weighted by atomic mass is 10.1. The summed E-state index contributed by atoms with van der Waals surface area (Å²) in [6.45, 7) is 2.07. The van der Waals surface area contributed by atoms with Gasteiger partial charge >= 0.3 is 0 Å².